The molecular formula is C29H28N2O3. The van der Waals surface area contributed by atoms with Crippen molar-refractivity contribution in [3.63, 3.8) is 0 Å². The van der Waals surface area contributed by atoms with Gasteiger partial charge in [0, 0.05) is 11.6 Å². The molecule has 34 heavy (non-hydrogen) atoms. The topological polar surface area (TPSA) is 58.6 Å². The minimum atomic E-state index is -0.191. The molecule has 0 spiro atoms. The zero-order chi connectivity index (χ0) is 23.5. The van der Waals surface area contributed by atoms with Crippen LogP contribution in [0.25, 0.3) is 6.08 Å². The lowest BCUT2D eigenvalue weighted by Crippen LogP contribution is -2.36. The second-order valence-electron chi connectivity index (χ2n) is 9.04. The van der Waals surface area contributed by atoms with E-state index in [1.807, 2.05) is 61.5 Å². The summed E-state index contributed by atoms with van der Waals surface area (Å²) >= 11 is 0. The Morgan fingerprint density at radius 2 is 1.79 bits per heavy atom. The van der Waals surface area contributed by atoms with Gasteiger partial charge in [0.2, 0.25) is 0 Å². The van der Waals surface area contributed by atoms with Crippen molar-refractivity contribution < 1.29 is 14.3 Å². The van der Waals surface area contributed by atoms with E-state index in [1.165, 1.54) is 12.8 Å². The van der Waals surface area contributed by atoms with Gasteiger partial charge in [-0.3, -0.25) is 14.5 Å². The van der Waals surface area contributed by atoms with Gasteiger partial charge in [0.15, 0.2) is 11.5 Å². The minimum Gasteiger partial charge on any atom is -0.449 e. The first-order valence-electron chi connectivity index (χ1n) is 11.8. The Morgan fingerprint density at radius 1 is 1.03 bits per heavy atom. The number of nitrogens with zero attached hydrogens (tertiary/aromatic N) is 1. The van der Waals surface area contributed by atoms with Crippen molar-refractivity contribution in [3.05, 3.63) is 101 Å². The molecule has 3 aromatic rings. The molecule has 172 valence electrons. The first-order valence-corrected chi connectivity index (χ1v) is 11.8. The lowest BCUT2D eigenvalue weighted by molar-refractivity contribution is -0.117. The lowest BCUT2D eigenvalue weighted by Gasteiger charge is -2.30. The number of para-hydroxylation sites is 2. The average Bonchev–Trinajstić information content (AvgIpc) is 3.35. The number of carbonyl (C=O) groups excluding carboxylic acids is 2. The van der Waals surface area contributed by atoms with Gasteiger partial charge in [-0.1, -0.05) is 66.9 Å². The quantitative estimate of drug-likeness (QED) is 0.510. The van der Waals surface area contributed by atoms with Crippen LogP contribution in [0.2, 0.25) is 0 Å². The third-order valence-electron chi connectivity index (χ3n) is 6.42. The maximum atomic E-state index is 13.4. The van der Waals surface area contributed by atoms with Crippen LogP contribution in [-0.4, -0.2) is 17.9 Å². The standard InChI is InChI=1S/C29H28N2O3/c1-20-7-6-8-22(17-20)19-31-25-11-4-5-12-26(25)34-27(29(31)33)18-21-13-15-23(16-14-21)28(32)30-24-9-2-3-10-24/h4-8,11-18,24H,2-3,9-10,19H2,1H3,(H,30,32). The second kappa shape index (κ2) is 9.56. The van der Waals surface area contributed by atoms with Gasteiger partial charge >= 0.3 is 0 Å². The van der Waals surface area contributed by atoms with Crippen LogP contribution in [0.15, 0.2) is 78.6 Å². The van der Waals surface area contributed by atoms with E-state index in [9.17, 15) is 9.59 Å². The van der Waals surface area contributed by atoms with Crippen molar-refractivity contribution in [2.75, 3.05) is 4.90 Å². The molecule has 1 aliphatic carbocycles. The molecular weight excluding hydrogens is 424 g/mol. The van der Waals surface area contributed by atoms with Crippen molar-refractivity contribution >= 4 is 23.6 Å². The Labute approximate surface area is 200 Å². The first-order chi connectivity index (χ1) is 16.6. The monoisotopic (exact) mass is 452 g/mol. The predicted molar refractivity (Wildman–Crippen MR) is 134 cm³/mol. The Bertz CT molecular complexity index is 1240. The largest absolute Gasteiger partial charge is 0.449 e. The van der Waals surface area contributed by atoms with E-state index >= 15 is 0 Å². The van der Waals surface area contributed by atoms with Crippen molar-refractivity contribution in [1.82, 2.24) is 5.32 Å². The second-order valence-corrected chi connectivity index (χ2v) is 9.04. The number of rotatable bonds is 5. The SMILES string of the molecule is Cc1cccc(CN2C(=O)C(=Cc3ccc(C(=O)NC4CCCC4)cc3)Oc3ccccc32)c1. The molecule has 1 aliphatic heterocycles. The number of fused-ring (bicyclic) bond motifs is 1. The maximum absolute atomic E-state index is 13.4. The highest BCUT2D eigenvalue weighted by Crippen LogP contribution is 2.36. The molecule has 0 unspecified atom stereocenters. The molecule has 0 bridgehead atoms. The number of aryl methyl sites for hydroxylation is 1. The van der Waals surface area contributed by atoms with Gasteiger partial charge in [0.05, 0.1) is 12.2 Å². The average molecular weight is 453 g/mol. The highest BCUT2D eigenvalue weighted by molar-refractivity contribution is 6.09. The van der Waals surface area contributed by atoms with Gasteiger partial charge in [-0.05, 0) is 61.2 Å². The molecule has 5 heteroatoms. The number of hydrogen-bond donors (Lipinski definition) is 1. The minimum absolute atomic E-state index is 0.0469. The van der Waals surface area contributed by atoms with Gasteiger partial charge in [-0.25, -0.2) is 0 Å². The summed E-state index contributed by atoms with van der Waals surface area (Å²) in [5.41, 5.74) is 4.39. The van der Waals surface area contributed by atoms with E-state index in [0.717, 1.165) is 35.2 Å². The first kappa shape index (κ1) is 22.0. The number of ether oxygens (including phenoxy) is 1. The smallest absolute Gasteiger partial charge is 0.294 e. The highest BCUT2D eigenvalue weighted by atomic mass is 16.5. The van der Waals surface area contributed by atoms with Crippen LogP contribution in [0.4, 0.5) is 5.69 Å². The van der Waals surface area contributed by atoms with Gasteiger partial charge in [-0.15, -0.1) is 0 Å². The summed E-state index contributed by atoms with van der Waals surface area (Å²) in [6.07, 6.45) is 6.19. The zero-order valence-corrected chi connectivity index (χ0v) is 19.3. The number of carbonyl (C=O) groups is 2. The van der Waals surface area contributed by atoms with E-state index in [0.29, 0.717) is 17.9 Å². The Morgan fingerprint density at radius 3 is 2.56 bits per heavy atom. The molecule has 1 heterocycles. The molecule has 0 aromatic heterocycles. The van der Waals surface area contributed by atoms with Crippen molar-refractivity contribution in [3.8, 4) is 5.75 Å². The molecule has 3 aromatic carbocycles. The molecule has 2 aliphatic rings. The predicted octanol–water partition coefficient (Wildman–Crippen LogP) is 5.63. The zero-order valence-electron chi connectivity index (χ0n) is 19.3. The van der Waals surface area contributed by atoms with Gasteiger partial charge in [0.1, 0.15) is 0 Å². The summed E-state index contributed by atoms with van der Waals surface area (Å²) < 4.78 is 6.00. The van der Waals surface area contributed by atoms with Crippen LogP contribution in [0.1, 0.15) is 52.7 Å². The third kappa shape index (κ3) is 4.74. The summed E-state index contributed by atoms with van der Waals surface area (Å²) in [7, 11) is 0. The summed E-state index contributed by atoms with van der Waals surface area (Å²) in [5, 5.41) is 3.11. The van der Waals surface area contributed by atoms with Crippen LogP contribution in [0.3, 0.4) is 0 Å². The molecule has 0 saturated heterocycles. The lowest BCUT2D eigenvalue weighted by atomic mass is 10.1. The van der Waals surface area contributed by atoms with Gasteiger partial charge in [-0.2, -0.15) is 0 Å². The fourth-order valence-electron chi connectivity index (χ4n) is 4.63. The molecule has 5 rings (SSSR count). The van der Waals surface area contributed by atoms with Crippen molar-refractivity contribution in [2.24, 2.45) is 0 Å². The fraction of sp³-hybridized carbons (Fsp3) is 0.241. The number of benzene rings is 3. The fourth-order valence-corrected chi connectivity index (χ4v) is 4.63. The Hall–Kier alpha value is -3.86. The number of amides is 2. The molecule has 2 amide bonds. The van der Waals surface area contributed by atoms with Crippen molar-refractivity contribution in [2.45, 2.75) is 45.2 Å². The van der Waals surface area contributed by atoms with E-state index < -0.39 is 0 Å². The van der Waals surface area contributed by atoms with E-state index in [4.69, 9.17) is 4.74 Å². The van der Waals surface area contributed by atoms with Crippen LogP contribution in [0.5, 0.6) is 5.75 Å². The number of nitrogens with one attached hydrogen (secondary N) is 1. The van der Waals surface area contributed by atoms with E-state index in [-0.39, 0.29) is 23.6 Å². The van der Waals surface area contributed by atoms with E-state index in [2.05, 4.69) is 11.4 Å². The summed E-state index contributed by atoms with van der Waals surface area (Å²) in [6.45, 7) is 2.50. The number of hydrogen-bond acceptors (Lipinski definition) is 3. The van der Waals surface area contributed by atoms with Crippen LogP contribution in [-0.2, 0) is 11.3 Å². The summed E-state index contributed by atoms with van der Waals surface area (Å²) in [4.78, 5) is 27.7. The highest BCUT2D eigenvalue weighted by Gasteiger charge is 2.30. The molecule has 0 atom stereocenters. The molecule has 0 radical (unpaired) electrons. The van der Waals surface area contributed by atoms with Crippen LogP contribution < -0.4 is 15.0 Å². The Kier molecular flexibility index (Phi) is 6.17. The van der Waals surface area contributed by atoms with Crippen LogP contribution >= 0.6 is 0 Å². The van der Waals surface area contributed by atoms with Crippen LogP contribution in [0, 0.1) is 6.92 Å². The number of anilines is 1. The van der Waals surface area contributed by atoms with E-state index in [1.54, 1.807) is 23.1 Å². The third-order valence-corrected chi connectivity index (χ3v) is 6.42. The summed E-state index contributed by atoms with van der Waals surface area (Å²) in [5.74, 6) is 0.667. The summed E-state index contributed by atoms with van der Waals surface area (Å²) in [6, 6.07) is 23.3. The Balaban J connectivity index is 1.38. The maximum Gasteiger partial charge on any atom is 0.294 e. The van der Waals surface area contributed by atoms with Gasteiger partial charge in [0.25, 0.3) is 11.8 Å². The molecule has 1 N–H and O–H groups in total. The molecule has 5 nitrogen and oxygen atoms in total. The van der Waals surface area contributed by atoms with Gasteiger partial charge < -0.3 is 10.1 Å². The molecule has 1 fully saturated rings. The normalized spacial score (nSPS) is 16.9. The molecule has 1 saturated carbocycles. The van der Waals surface area contributed by atoms with Crippen molar-refractivity contribution in [1.29, 1.82) is 0 Å².